The van der Waals surface area contributed by atoms with Gasteiger partial charge >= 0.3 is 5.97 Å². The molecule has 3 fully saturated rings. The van der Waals surface area contributed by atoms with Crippen molar-refractivity contribution in [1.29, 1.82) is 0 Å². The third-order valence-corrected chi connectivity index (χ3v) is 6.78. The molecule has 1 spiro atoms. The molecule has 6 atom stereocenters. The Labute approximate surface area is 178 Å². The van der Waals surface area contributed by atoms with Crippen molar-refractivity contribution in [2.24, 2.45) is 11.8 Å². The van der Waals surface area contributed by atoms with Gasteiger partial charge in [-0.15, -0.1) is 6.58 Å². The van der Waals surface area contributed by atoms with Crippen molar-refractivity contribution in [2.75, 3.05) is 26.3 Å². The Bertz CT molecular complexity index is 697. The molecule has 1 N–H and O–H groups in total. The second kappa shape index (κ2) is 9.06. The zero-order chi connectivity index (χ0) is 22.1. The van der Waals surface area contributed by atoms with Crippen molar-refractivity contribution in [1.82, 2.24) is 9.80 Å². The first-order chi connectivity index (χ1) is 14.4. The number of likely N-dealkylation sites (tertiary alicyclic amines) is 1. The van der Waals surface area contributed by atoms with Crippen LogP contribution >= 0.6 is 0 Å². The number of esters is 1. The number of amides is 2. The minimum Gasteiger partial charge on any atom is -0.466 e. The normalized spacial score (nSPS) is 32.8. The Hall–Kier alpha value is -1.93. The van der Waals surface area contributed by atoms with E-state index in [1.165, 1.54) is 4.90 Å². The largest absolute Gasteiger partial charge is 0.466 e. The number of hydrogen-bond acceptors (Lipinski definition) is 6. The van der Waals surface area contributed by atoms with Crippen molar-refractivity contribution in [3.05, 3.63) is 12.7 Å². The summed E-state index contributed by atoms with van der Waals surface area (Å²) < 4.78 is 11.5. The lowest BCUT2D eigenvalue weighted by Crippen LogP contribution is -2.58. The summed E-state index contributed by atoms with van der Waals surface area (Å²) >= 11 is 0. The van der Waals surface area contributed by atoms with E-state index >= 15 is 0 Å². The van der Waals surface area contributed by atoms with E-state index in [2.05, 4.69) is 13.5 Å². The molecule has 0 saturated carbocycles. The van der Waals surface area contributed by atoms with E-state index in [9.17, 15) is 19.5 Å². The SMILES string of the molecule is C=CCN(C(=O)C1N(CCO)C(=O)[C@@H]2[C@@H](C(=O)OCC)[C@H]3CCC12O3)C(C)CCC. The number of β-amino-alcohol motifs (C(OH)–C–C–N with tert-alkyl or cyclic N) is 1. The predicted molar refractivity (Wildman–Crippen MR) is 109 cm³/mol. The smallest absolute Gasteiger partial charge is 0.312 e. The van der Waals surface area contributed by atoms with Gasteiger partial charge in [-0.05, 0) is 33.1 Å². The van der Waals surface area contributed by atoms with E-state index in [0.717, 1.165) is 12.8 Å². The highest BCUT2D eigenvalue weighted by molar-refractivity contribution is 5.98. The maximum absolute atomic E-state index is 13.8. The highest BCUT2D eigenvalue weighted by Gasteiger charge is 2.75. The molecule has 3 rings (SSSR count). The lowest BCUT2D eigenvalue weighted by Gasteiger charge is -2.38. The van der Waals surface area contributed by atoms with Gasteiger partial charge in [0.2, 0.25) is 11.8 Å². The number of rotatable bonds is 10. The molecule has 3 unspecified atom stereocenters. The molecule has 3 aliphatic rings. The van der Waals surface area contributed by atoms with Gasteiger partial charge in [0.25, 0.3) is 0 Å². The van der Waals surface area contributed by atoms with Crippen molar-refractivity contribution in [3.8, 4) is 0 Å². The summed E-state index contributed by atoms with van der Waals surface area (Å²) in [5, 5.41) is 9.60. The minimum absolute atomic E-state index is 0.0264. The molecule has 168 valence electrons. The standard InChI is InChI=1S/C22H34N2O6/c1-5-8-14(4)23(11-6-2)20(27)18-22-10-9-15(30-22)16(21(28)29-7-3)17(22)19(26)24(18)12-13-25/h6,14-18,25H,2,5,7-13H2,1,3-4H3/t14?,15-,16+,17+,18?,22?/m1/s1. The van der Waals surface area contributed by atoms with E-state index in [-0.39, 0.29) is 37.6 Å². The molecule has 0 aliphatic carbocycles. The third kappa shape index (κ3) is 3.43. The van der Waals surface area contributed by atoms with Crippen LogP contribution in [0.3, 0.4) is 0 Å². The monoisotopic (exact) mass is 422 g/mol. The Morgan fingerprint density at radius 2 is 2.20 bits per heavy atom. The molecule has 3 heterocycles. The number of fused-ring (bicyclic) bond motifs is 1. The fraction of sp³-hybridized carbons (Fsp3) is 0.773. The lowest BCUT2D eigenvalue weighted by atomic mass is 9.70. The van der Waals surface area contributed by atoms with Crippen LogP contribution < -0.4 is 0 Å². The van der Waals surface area contributed by atoms with Gasteiger partial charge in [0.1, 0.15) is 11.6 Å². The maximum atomic E-state index is 13.8. The van der Waals surface area contributed by atoms with Gasteiger partial charge in [-0.1, -0.05) is 19.4 Å². The highest BCUT2D eigenvalue weighted by atomic mass is 16.6. The first-order valence-corrected chi connectivity index (χ1v) is 11.0. The molecule has 8 heteroatoms. The number of aliphatic hydroxyl groups is 1. The van der Waals surface area contributed by atoms with Gasteiger partial charge in [0, 0.05) is 19.1 Å². The van der Waals surface area contributed by atoms with Gasteiger partial charge in [0.05, 0.1) is 31.2 Å². The molecule has 0 aromatic carbocycles. The molecule has 3 saturated heterocycles. The molecule has 3 aliphatic heterocycles. The molecule has 30 heavy (non-hydrogen) atoms. The van der Waals surface area contributed by atoms with Gasteiger partial charge in [-0.25, -0.2) is 0 Å². The average molecular weight is 423 g/mol. The van der Waals surface area contributed by atoms with Crippen molar-refractivity contribution >= 4 is 17.8 Å². The van der Waals surface area contributed by atoms with Crippen molar-refractivity contribution in [2.45, 2.75) is 70.2 Å². The van der Waals surface area contributed by atoms with E-state index < -0.39 is 35.6 Å². The van der Waals surface area contributed by atoms with Crippen molar-refractivity contribution < 1.29 is 29.0 Å². The summed E-state index contributed by atoms with van der Waals surface area (Å²) in [5.74, 6) is -2.40. The second-order valence-electron chi connectivity index (χ2n) is 8.48. The van der Waals surface area contributed by atoms with Gasteiger partial charge in [0.15, 0.2) is 0 Å². The van der Waals surface area contributed by atoms with Crippen LogP contribution in [-0.4, -0.2) is 82.8 Å². The first kappa shape index (κ1) is 22.7. The van der Waals surface area contributed by atoms with E-state index in [1.54, 1.807) is 17.9 Å². The predicted octanol–water partition coefficient (Wildman–Crippen LogP) is 1.12. The van der Waals surface area contributed by atoms with Crippen molar-refractivity contribution in [3.63, 3.8) is 0 Å². The van der Waals surface area contributed by atoms with Crippen LogP contribution in [0.25, 0.3) is 0 Å². The highest BCUT2D eigenvalue weighted by Crippen LogP contribution is 2.58. The number of carbonyl (C=O) groups is 3. The molecule has 0 aromatic heterocycles. The quantitative estimate of drug-likeness (QED) is 0.419. The minimum atomic E-state index is -1.04. The Morgan fingerprint density at radius 1 is 1.47 bits per heavy atom. The lowest BCUT2D eigenvalue weighted by molar-refractivity contribution is -0.155. The van der Waals surface area contributed by atoms with Crippen LogP contribution in [0.1, 0.15) is 46.5 Å². The fourth-order valence-electron chi connectivity index (χ4n) is 5.64. The molecular weight excluding hydrogens is 388 g/mol. The zero-order valence-corrected chi connectivity index (χ0v) is 18.2. The molecule has 8 nitrogen and oxygen atoms in total. The average Bonchev–Trinajstić information content (AvgIpc) is 3.34. The first-order valence-electron chi connectivity index (χ1n) is 11.0. The Morgan fingerprint density at radius 3 is 2.80 bits per heavy atom. The van der Waals surface area contributed by atoms with Crippen LogP contribution in [0.5, 0.6) is 0 Å². The summed E-state index contributed by atoms with van der Waals surface area (Å²) in [6, 6.07) is -0.882. The van der Waals surface area contributed by atoms with Gasteiger partial charge in [-0.2, -0.15) is 0 Å². The van der Waals surface area contributed by atoms with Crippen LogP contribution in [-0.2, 0) is 23.9 Å². The second-order valence-corrected chi connectivity index (χ2v) is 8.48. The molecule has 0 aromatic rings. The molecule has 2 bridgehead atoms. The van der Waals surface area contributed by atoms with Crippen LogP contribution in [0.4, 0.5) is 0 Å². The number of ether oxygens (including phenoxy) is 2. The molecule has 2 amide bonds. The maximum Gasteiger partial charge on any atom is 0.312 e. The third-order valence-electron chi connectivity index (χ3n) is 6.78. The number of carbonyl (C=O) groups excluding carboxylic acids is 3. The number of aliphatic hydroxyl groups excluding tert-OH is 1. The summed E-state index contributed by atoms with van der Waals surface area (Å²) in [6.07, 6.45) is 4.16. The van der Waals surface area contributed by atoms with Gasteiger partial charge in [-0.3, -0.25) is 14.4 Å². The number of hydrogen-bond donors (Lipinski definition) is 1. The summed E-state index contributed by atoms with van der Waals surface area (Å²) in [7, 11) is 0. The van der Waals surface area contributed by atoms with E-state index in [0.29, 0.717) is 19.4 Å². The summed E-state index contributed by atoms with van der Waals surface area (Å²) in [6.45, 7) is 9.91. The number of nitrogens with zero attached hydrogens (tertiary/aromatic N) is 2. The van der Waals surface area contributed by atoms with Crippen LogP contribution in [0.15, 0.2) is 12.7 Å². The Balaban J connectivity index is 2.00. The summed E-state index contributed by atoms with van der Waals surface area (Å²) in [5.41, 5.74) is -1.04. The van der Waals surface area contributed by atoms with Crippen LogP contribution in [0, 0.1) is 11.8 Å². The molecular formula is C22H34N2O6. The van der Waals surface area contributed by atoms with Crippen LogP contribution in [0.2, 0.25) is 0 Å². The fourth-order valence-corrected chi connectivity index (χ4v) is 5.64. The van der Waals surface area contributed by atoms with Gasteiger partial charge < -0.3 is 24.4 Å². The zero-order valence-electron chi connectivity index (χ0n) is 18.2. The topological polar surface area (TPSA) is 96.4 Å². The van der Waals surface area contributed by atoms with E-state index in [1.807, 2.05) is 6.92 Å². The van der Waals surface area contributed by atoms with E-state index in [4.69, 9.17) is 9.47 Å². The Kier molecular flexibility index (Phi) is 6.87. The molecule has 0 radical (unpaired) electrons. The summed E-state index contributed by atoms with van der Waals surface area (Å²) in [4.78, 5) is 43.1.